The fraction of sp³-hybridized carbons (Fsp3) is 0.154. The number of anilines is 2. The maximum absolute atomic E-state index is 13.3. The Labute approximate surface area is 122 Å². The number of benzene rings is 1. The second-order valence-electron chi connectivity index (χ2n) is 4.00. The number of hydrogen-bond acceptors (Lipinski definition) is 2. The van der Waals surface area contributed by atoms with Crippen molar-refractivity contribution in [2.45, 2.75) is 13.8 Å². The van der Waals surface area contributed by atoms with Crippen LogP contribution in [-0.2, 0) is 0 Å². The van der Waals surface area contributed by atoms with E-state index < -0.39 is 0 Å². The smallest absolute Gasteiger partial charge is 0.144 e. The molecule has 18 heavy (non-hydrogen) atoms. The van der Waals surface area contributed by atoms with E-state index in [1.165, 1.54) is 6.07 Å². The number of nitrogens with one attached hydrogen (secondary N) is 1. The summed E-state index contributed by atoms with van der Waals surface area (Å²) in [4.78, 5) is 4.26. The number of hydrogen-bond donors (Lipinski definition) is 1. The monoisotopic (exact) mass is 372 g/mol. The minimum absolute atomic E-state index is 0.269. The highest BCUT2D eigenvalue weighted by molar-refractivity contribution is 9.11. The van der Waals surface area contributed by atoms with Crippen LogP contribution in [0, 0.1) is 19.7 Å². The molecule has 1 aromatic heterocycles. The van der Waals surface area contributed by atoms with E-state index in [0.717, 1.165) is 27.1 Å². The van der Waals surface area contributed by atoms with Crippen molar-refractivity contribution in [3.63, 3.8) is 0 Å². The lowest BCUT2D eigenvalue weighted by Crippen LogP contribution is -1.98. The van der Waals surface area contributed by atoms with Gasteiger partial charge in [0.15, 0.2) is 0 Å². The maximum atomic E-state index is 13.3. The van der Waals surface area contributed by atoms with E-state index in [1.807, 2.05) is 19.9 Å². The van der Waals surface area contributed by atoms with Crippen molar-refractivity contribution in [3.8, 4) is 0 Å². The van der Waals surface area contributed by atoms with Gasteiger partial charge in [-0.15, -0.1) is 0 Å². The highest BCUT2D eigenvalue weighted by Crippen LogP contribution is 2.30. The molecule has 0 spiro atoms. The van der Waals surface area contributed by atoms with Crippen LogP contribution in [0.25, 0.3) is 0 Å². The molecule has 2 nitrogen and oxygen atoms in total. The van der Waals surface area contributed by atoms with Crippen LogP contribution in [0.3, 0.4) is 0 Å². The number of rotatable bonds is 2. The average molecular weight is 374 g/mol. The minimum atomic E-state index is -0.269. The van der Waals surface area contributed by atoms with E-state index in [1.54, 1.807) is 12.3 Å². The van der Waals surface area contributed by atoms with E-state index in [-0.39, 0.29) is 5.82 Å². The molecule has 1 N–H and O–H groups in total. The van der Waals surface area contributed by atoms with Gasteiger partial charge in [-0.1, -0.05) is 0 Å². The molecule has 0 aliphatic heterocycles. The van der Waals surface area contributed by atoms with E-state index in [0.29, 0.717) is 4.47 Å². The van der Waals surface area contributed by atoms with Gasteiger partial charge in [0, 0.05) is 11.9 Å². The zero-order valence-corrected chi connectivity index (χ0v) is 13.1. The summed E-state index contributed by atoms with van der Waals surface area (Å²) < 4.78 is 14.7. The number of aryl methyl sites for hydroxylation is 2. The third kappa shape index (κ3) is 2.72. The van der Waals surface area contributed by atoms with Gasteiger partial charge in [0.25, 0.3) is 0 Å². The number of pyridine rings is 1. The van der Waals surface area contributed by atoms with Crippen molar-refractivity contribution in [2.24, 2.45) is 0 Å². The predicted octanol–water partition coefficient (Wildman–Crippen LogP) is 5.11. The quantitative estimate of drug-likeness (QED) is 0.791. The average Bonchev–Trinajstić information content (AvgIpc) is 2.32. The van der Waals surface area contributed by atoms with Crippen molar-refractivity contribution >= 4 is 43.4 Å². The summed E-state index contributed by atoms with van der Waals surface area (Å²) >= 11 is 6.66. The fourth-order valence-electron chi connectivity index (χ4n) is 1.54. The van der Waals surface area contributed by atoms with Gasteiger partial charge in [0.1, 0.15) is 11.6 Å². The Morgan fingerprint density at radius 1 is 1.17 bits per heavy atom. The molecule has 0 radical (unpaired) electrons. The van der Waals surface area contributed by atoms with Gasteiger partial charge >= 0.3 is 0 Å². The summed E-state index contributed by atoms with van der Waals surface area (Å²) in [6, 6.07) is 5.11. The second-order valence-corrected chi connectivity index (χ2v) is 5.64. The molecule has 0 saturated heterocycles. The van der Waals surface area contributed by atoms with Crippen molar-refractivity contribution in [2.75, 3.05) is 5.32 Å². The molecular weight excluding hydrogens is 363 g/mol. The maximum Gasteiger partial charge on any atom is 0.144 e. The molecule has 94 valence electrons. The zero-order valence-electron chi connectivity index (χ0n) is 9.89. The molecule has 0 saturated carbocycles. The van der Waals surface area contributed by atoms with Crippen LogP contribution < -0.4 is 5.32 Å². The molecule has 0 amide bonds. The van der Waals surface area contributed by atoms with Gasteiger partial charge in [-0.05, 0) is 75.0 Å². The number of aromatic nitrogens is 1. The minimum Gasteiger partial charge on any atom is -0.339 e. The molecule has 1 heterocycles. The summed E-state index contributed by atoms with van der Waals surface area (Å²) in [6.45, 7) is 3.84. The van der Waals surface area contributed by atoms with Crippen LogP contribution in [-0.4, -0.2) is 4.98 Å². The van der Waals surface area contributed by atoms with E-state index in [9.17, 15) is 4.39 Å². The first-order valence-electron chi connectivity index (χ1n) is 5.33. The molecule has 0 bridgehead atoms. The molecule has 0 aliphatic carbocycles. The largest absolute Gasteiger partial charge is 0.339 e. The molecule has 0 atom stereocenters. The molecule has 0 unspecified atom stereocenters. The van der Waals surface area contributed by atoms with Gasteiger partial charge in [0.05, 0.1) is 8.95 Å². The topological polar surface area (TPSA) is 24.9 Å². The molecule has 2 rings (SSSR count). The first-order valence-corrected chi connectivity index (χ1v) is 6.91. The van der Waals surface area contributed by atoms with Crippen molar-refractivity contribution in [3.05, 3.63) is 50.3 Å². The second kappa shape index (κ2) is 5.36. The SMILES string of the molecule is Cc1cc(F)c(Br)cc1Nc1nccc(C)c1Br. The Hall–Kier alpha value is -0.940. The molecule has 0 fully saturated rings. The molecule has 2 aromatic rings. The molecule has 5 heteroatoms. The lowest BCUT2D eigenvalue weighted by atomic mass is 10.2. The van der Waals surface area contributed by atoms with E-state index in [4.69, 9.17) is 0 Å². The van der Waals surface area contributed by atoms with Gasteiger partial charge in [0.2, 0.25) is 0 Å². The predicted molar refractivity (Wildman–Crippen MR) is 78.8 cm³/mol. The summed E-state index contributed by atoms with van der Waals surface area (Å²) in [5.74, 6) is 0.450. The third-order valence-electron chi connectivity index (χ3n) is 2.60. The Morgan fingerprint density at radius 2 is 1.89 bits per heavy atom. The first kappa shape index (κ1) is 13.5. The summed E-state index contributed by atoms with van der Waals surface area (Å²) in [7, 11) is 0. The van der Waals surface area contributed by atoms with Crippen LogP contribution in [0.1, 0.15) is 11.1 Å². The van der Waals surface area contributed by atoms with E-state index in [2.05, 4.69) is 42.2 Å². The Kier molecular flexibility index (Phi) is 4.02. The van der Waals surface area contributed by atoms with Gasteiger partial charge in [-0.3, -0.25) is 0 Å². The highest BCUT2D eigenvalue weighted by Gasteiger charge is 2.09. The first-order chi connectivity index (χ1) is 8.49. The van der Waals surface area contributed by atoms with Gasteiger partial charge in [-0.25, -0.2) is 9.37 Å². The fourth-order valence-corrected chi connectivity index (χ4v) is 2.21. The molecule has 1 aromatic carbocycles. The van der Waals surface area contributed by atoms with Crippen molar-refractivity contribution in [1.29, 1.82) is 0 Å². The van der Waals surface area contributed by atoms with Gasteiger partial charge in [-0.2, -0.15) is 0 Å². The normalized spacial score (nSPS) is 10.5. The van der Waals surface area contributed by atoms with Crippen molar-refractivity contribution in [1.82, 2.24) is 4.98 Å². The molecule has 0 aliphatic rings. The van der Waals surface area contributed by atoms with E-state index >= 15 is 0 Å². The number of halogens is 3. The summed E-state index contributed by atoms with van der Waals surface area (Å²) in [5, 5.41) is 3.19. The summed E-state index contributed by atoms with van der Waals surface area (Å²) in [5.41, 5.74) is 2.74. The van der Waals surface area contributed by atoms with Crippen LogP contribution in [0.2, 0.25) is 0 Å². The van der Waals surface area contributed by atoms with Crippen molar-refractivity contribution < 1.29 is 4.39 Å². The van der Waals surface area contributed by atoms with Crippen LogP contribution >= 0.6 is 31.9 Å². The lowest BCUT2D eigenvalue weighted by Gasteiger charge is -2.12. The van der Waals surface area contributed by atoms with Crippen LogP contribution in [0.15, 0.2) is 33.3 Å². The van der Waals surface area contributed by atoms with Crippen LogP contribution in [0.5, 0.6) is 0 Å². The Balaban J connectivity index is 2.40. The lowest BCUT2D eigenvalue weighted by molar-refractivity contribution is 0.620. The highest BCUT2D eigenvalue weighted by atomic mass is 79.9. The number of nitrogens with zero attached hydrogens (tertiary/aromatic N) is 1. The zero-order chi connectivity index (χ0) is 13.3. The summed E-state index contributed by atoms with van der Waals surface area (Å²) in [6.07, 6.45) is 1.73. The molecular formula is C13H11Br2FN2. The third-order valence-corrected chi connectivity index (χ3v) is 4.21. The Bertz CT molecular complexity index is 600. The van der Waals surface area contributed by atoms with Crippen LogP contribution in [0.4, 0.5) is 15.9 Å². The van der Waals surface area contributed by atoms with Gasteiger partial charge < -0.3 is 5.32 Å². The standard InChI is InChI=1S/C13H11Br2FN2/c1-7-3-4-17-13(12(7)15)18-11-6-9(14)10(16)5-8(11)2/h3-6H,1-2H3,(H,17,18). The Morgan fingerprint density at radius 3 is 2.61 bits per heavy atom.